The van der Waals surface area contributed by atoms with Crippen LogP contribution in [0.1, 0.15) is 11.3 Å². The van der Waals surface area contributed by atoms with Crippen molar-refractivity contribution in [2.45, 2.75) is 13.8 Å². The molecule has 0 radical (unpaired) electrons. The van der Waals surface area contributed by atoms with E-state index in [1.54, 1.807) is 0 Å². The van der Waals surface area contributed by atoms with Crippen molar-refractivity contribution in [3.05, 3.63) is 41.7 Å². The molecule has 0 aliphatic carbocycles. The van der Waals surface area contributed by atoms with Crippen LogP contribution in [0.2, 0.25) is 0 Å². The van der Waals surface area contributed by atoms with Crippen molar-refractivity contribution in [2.24, 2.45) is 0 Å². The van der Waals surface area contributed by atoms with Gasteiger partial charge in [-0.2, -0.15) is 0 Å². The molecular weight excluding hydrogens is 227 g/mol. The Morgan fingerprint density at radius 1 is 1.12 bits per heavy atom. The number of hydrogen-bond acceptors (Lipinski definition) is 2. The van der Waals surface area contributed by atoms with Crippen molar-refractivity contribution in [3.63, 3.8) is 0 Å². The Hall–Kier alpha value is -1.53. The van der Waals surface area contributed by atoms with Gasteiger partial charge in [0.2, 0.25) is 0 Å². The summed E-state index contributed by atoms with van der Waals surface area (Å²) >= 11 is 0. The highest BCUT2D eigenvalue weighted by atomic mass is 31.0. The van der Waals surface area contributed by atoms with Gasteiger partial charge in [0.25, 0.3) is 0 Å². The standard InChI is InChI=1S/C14H13N2P/c1-8-6-11-12(17)7-10-4-3-5-15-13(10)14(11)16-9(8)2/h3-7H,17H2,1-2H3. The van der Waals surface area contributed by atoms with Crippen LogP contribution in [0.4, 0.5) is 0 Å². The van der Waals surface area contributed by atoms with Gasteiger partial charge >= 0.3 is 0 Å². The average molecular weight is 240 g/mol. The zero-order valence-corrected chi connectivity index (χ0v) is 11.0. The van der Waals surface area contributed by atoms with E-state index in [9.17, 15) is 0 Å². The molecule has 0 bridgehead atoms. The first-order valence-corrected chi connectivity index (χ1v) is 6.16. The fourth-order valence-electron chi connectivity index (χ4n) is 2.08. The average Bonchev–Trinajstić information content (AvgIpc) is 2.32. The van der Waals surface area contributed by atoms with Crippen LogP contribution in [-0.2, 0) is 0 Å². The first-order chi connectivity index (χ1) is 8.16. The normalized spacial score (nSPS) is 11.2. The van der Waals surface area contributed by atoms with Gasteiger partial charge in [-0.3, -0.25) is 9.97 Å². The Labute approximate surface area is 102 Å². The molecule has 0 spiro atoms. The van der Waals surface area contributed by atoms with Crippen LogP contribution in [0.5, 0.6) is 0 Å². The lowest BCUT2D eigenvalue weighted by Crippen LogP contribution is -1.99. The summed E-state index contributed by atoms with van der Waals surface area (Å²) < 4.78 is 0. The van der Waals surface area contributed by atoms with E-state index >= 15 is 0 Å². The number of benzene rings is 1. The van der Waals surface area contributed by atoms with Crippen LogP contribution in [0.15, 0.2) is 30.5 Å². The van der Waals surface area contributed by atoms with E-state index in [0.29, 0.717) is 0 Å². The van der Waals surface area contributed by atoms with E-state index in [0.717, 1.165) is 22.1 Å². The van der Waals surface area contributed by atoms with Gasteiger partial charge < -0.3 is 0 Å². The number of rotatable bonds is 0. The summed E-state index contributed by atoms with van der Waals surface area (Å²) in [6.45, 7) is 4.13. The molecule has 3 rings (SSSR count). The van der Waals surface area contributed by atoms with Gasteiger partial charge in [0.05, 0.1) is 11.0 Å². The molecule has 0 saturated heterocycles. The number of pyridine rings is 2. The fourth-order valence-corrected chi connectivity index (χ4v) is 2.48. The molecule has 1 atom stereocenters. The highest BCUT2D eigenvalue weighted by Gasteiger charge is 2.07. The van der Waals surface area contributed by atoms with Crippen molar-refractivity contribution in [1.82, 2.24) is 9.97 Å². The summed E-state index contributed by atoms with van der Waals surface area (Å²) in [4.78, 5) is 9.14. The molecule has 2 aromatic heterocycles. The summed E-state index contributed by atoms with van der Waals surface area (Å²) in [5.41, 5.74) is 4.27. The van der Waals surface area contributed by atoms with E-state index in [4.69, 9.17) is 0 Å². The molecule has 0 N–H and O–H groups in total. The molecule has 0 saturated carbocycles. The van der Waals surface area contributed by atoms with E-state index in [-0.39, 0.29) is 0 Å². The zero-order chi connectivity index (χ0) is 12.0. The quantitative estimate of drug-likeness (QED) is 0.446. The van der Waals surface area contributed by atoms with E-state index in [1.807, 2.05) is 19.2 Å². The minimum atomic E-state index is 0.983. The Bertz CT molecular complexity index is 735. The lowest BCUT2D eigenvalue weighted by atomic mass is 10.1. The van der Waals surface area contributed by atoms with E-state index in [2.05, 4.69) is 44.3 Å². The van der Waals surface area contributed by atoms with Crippen LogP contribution in [-0.4, -0.2) is 9.97 Å². The largest absolute Gasteiger partial charge is 0.254 e. The highest BCUT2D eigenvalue weighted by Crippen LogP contribution is 2.23. The second-order valence-corrected chi connectivity index (χ2v) is 4.95. The minimum Gasteiger partial charge on any atom is -0.254 e. The van der Waals surface area contributed by atoms with Crippen molar-refractivity contribution in [1.29, 1.82) is 0 Å². The minimum absolute atomic E-state index is 0.983. The van der Waals surface area contributed by atoms with Crippen LogP contribution in [0.3, 0.4) is 0 Å². The lowest BCUT2D eigenvalue weighted by molar-refractivity contribution is 1.20. The van der Waals surface area contributed by atoms with Crippen LogP contribution < -0.4 is 5.30 Å². The number of aryl methyl sites for hydroxylation is 2. The molecule has 0 aliphatic heterocycles. The molecule has 1 unspecified atom stereocenters. The van der Waals surface area contributed by atoms with Crippen LogP contribution in [0, 0.1) is 13.8 Å². The molecular formula is C14H13N2P. The summed E-state index contributed by atoms with van der Waals surface area (Å²) in [6, 6.07) is 8.37. The molecule has 17 heavy (non-hydrogen) atoms. The van der Waals surface area contributed by atoms with Gasteiger partial charge in [-0.1, -0.05) is 6.07 Å². The summed E-state index contributed by atoms with van der Waals surface area (Å²) in [6.07, 6.45) is 1.82. The molecule has 0 amide bonds. The smallest absolute Gasteiger partial charge is 0.0974 e. The number of fused-ring (bicyclic) bond motifs is 3. The van der Waals surface area contributed by atoms with Crippen molar-refractivity contribution < 1.29 is 0 Å². The predicted octanol–water partition coefficient (Wildman–Crippen LogP) is 2.90. The first-order valence-electron chi connectivity index (χ1n) is 5.58. The lowest BCUT2D eigenvalue weighted by Gasteiger charge is -2.08. The van der Waals surface area contributed by atoms with Gasteiger partial charge in [-0.05, 0) is 42.9 Å². The van der Waals surface area contributed by atoms with Crippen LogP contribution in [0.25, 0.3) is 21.8 Å². The Morgan fingerprint density at radius 2 is 1.94 bits per heavy atom. The molecule has 84 valence electrons. The number of nitrogens with zero attached hydrogens (tertiary/aromatic N) is 2. The van der Waals surface area contributed by atoms with Crippen LogP contribution >= 0.6 is 9.24 Å². The summed E-state index contributed by atoms with van der Waals surface area (Å²) in [5, 5.41) is 3.49. The predicted molar refractivity (Wildman–Crippen MR) is 75.9 cm³/mol. The third kappa shape index (κ3) is 1.60. The molecule has 0 fully saturated rings. The molecule has 1 aromatic carbocycles. The maximum absolute atomic E-state index is 4.69. The number of hydrogen-bond donors (Lipinski definition) is 0. The third-order valence-electron chi connectivity index (χ3n) is 3.15. The van der Waals surface area contributed by atoms with Crippen molar-refractivity contribution in [3.8, 4) is 0 Å². The second kappa shape index (κ2) is 3.75. The van der Waals surface area contributed by atoms with Gasteiger partial charge in [0.15, 0.2) is 0 Å². The van der Waals surface area contributed by atoms with Gasteiger partial charge in [0.1, 0.15) is 0 Å². The molecule has 2 heterocycles. The molecule has 3 heteroatoms. The third-order valence-corrected chi connectivity index (χ3v) is 3.63. The fraction of sp³-hybridized carbons (Fsp3) is 0.143. The Balaban J connectivity index is 2.60. The second-order valence-electron chi connectivity index (χ2n) is 4.33. The van der Waals surface area contributed by atoms with E-state index in [1.165, 1.54) is 16.3 Å². The topological polar surface area (TPSA) is 25.8 Å². The maximum Gasteiger partial charge on any atom is 0.0974 e. The highest BCUT2D eigenvalue weighted by molar-refractivity contribution is 7.28. The Kier molecular flexibility index (Phi) is 2.34. The zero-order valence-electron chi connectivity index (χ0n) is 9.86. The van der Waals surface area contributed by atoms with E-state index < -0.39 is 0 Å². The monoisotopic (exact) mass is 240 g/mol. The van der Waals surface area contributed by atoms with Gasteiger partial charge in [-0.25, -0.2) is 0 Å². The first kappa shape index (κ1) is 10.6. The SMILES string of the molecule is Cc1cc2c(P)cc3cccnc3c2nc1C. The Morgan fingerprint density at radius 3 is 2.76 bits per heavy atom. The van der Waals surface area contributed by atoms with Gasteiger partial charge in [-0.15, -0.1) is 9.24 Å². The summed E-state index contributed by atoms with van der Waals surface area (Å²) in [7, 11) is 2.79. The van der Waals surface area contributed by atoms with Crippen molar-refractivity contribution in [2.75, 3.05) is 0 Å². The maximum atomic E-state index is 4.69. The molecule has 0 aliphatic rings. The summed E-state index contributed by atoms with van der Waals surface area (Å²) in [5.74, 6) is 0. The molecule has 2 nitrogen and oxygen atoms in total. The van der Waals surface area contributed by atoms with Crippen molar-refractivity contribution >= 4 is 36.4 Å². The number of aromatic nitrogens is 2. The molecule has 3 aromatic rings. The van der Waals surface area contributed by atoms with Gasteiger partial charge in [0, 0.05) is 22.7 Å².